The molecule has 0 bridgehead atoms. The Kier molecular flexibility index (Phi) is 4.52. The highest BCUT2D eigenvalue weighted by atomic mass is 35.5. The van der Waals surface area contributed by atoms with E-state index in [9.17, 15) is 13.6 Å². The van der Waals surface area contributed by atoms with Gasteiger partial charge in [-0.1, -0.05) is 23.7 Å². The quantitative estimate of drug-likeness (QED) is 0.924. The zero-order chi connectivity index (χ0) is 14.5. The number of nitrogens with zero attached hydrogens (tertiary/aromatic N) is 2. The Balaban J connectivity index is 2.04. The van der Waals surface area contributed by atoms with Crippen LogP contribution >= 0.6 is 11.6 Å². The predicted octanol–water partition coefficient (Wildman–Crippen LogP) is 2.78. The summed E-state index contributed by atoms with van der Waals surface area (Å²) in [6.45, 7) is -3.05. The van der Waals surface area contributed by atoms with Crippen molar-refractivity contribution in [2.45, 2.75) is 13.2 Å². The highest BCUT2D eigenvalue weighted by molar-refractivity contribution is 6.30. The lowest BCUT2D eigenvalue weighted by atomic mass is 10.3. The summed E-state index contributed by atoms with van der Waals surface area (Å²) in [6.07, 6.45) is 2.87. The average molecular weight is 302 g/mol. The topological polar surface area (TPSA) is 56.2 Å². The fourth-order valence-corrected chi connectivity index (χ4v) is 1.69. The molecule has 1 amide bonds. The van der Waals surface area contributed by atoms with Crippen LogP contribution in [0.3, 0.4) is 0 Å². The number of alkyl halides is 2. The first-order chi connectivity index (χ1) is 9.54. The highest BCUT2D eigenvalue weighted by Crippen LogP contribution is 2.25. The van der Waals surface area contributed by atoms with Gasteiger partial charge in [-0.05, 0) is 12.1 Å². The van der Waals surface area contributed by atoms with Gasteiger partial charge >= 0.3 is 6.61 Å². The molecule has 0 spiro atoms. The molecule has 2 rings (SSSR count). The second-order valence-corrected chi connectivity index (χ2v) is 4.22. The van der Waals surface area contributed by atoms with Gasteiger partial charge in [0.15, 0.2) is 0 Å². The van der Waals surface area contributed by atoms with Gasteiger partial charge in [0.1, 0.15) is 12.3 Å². The summed E-state index contributed by atoms with van der Waals surface area (Å²) in [5.41, 5.74) is 0.163. The average Bonchev–Trinajstić information content (AvgIpc) is 2.76. The van der Waals surface area contributed by atoms with Crippen LogP contribution in [0.4, 0.5) is 14.5 Å². The second-order valence-electron chi connectivity index (χ2n) is 3.78. The van der Waals surface area contributed by atoms with Crippen molar-refractivity contribution < 1.29 is 18.3 Å². The molecule has 1 aromatic heterocycles. The molecular weight excluding hydrogens is 292 g/mol. The van der Waals surface area contributed by atoms with Crippen molar-refractivity contribution in [3.8, 4) is 5.75 Å². The molecule has 0 fully saturated rings. The monoisotopic (exact) mass is 301 g/mol. The first kappa shape index (κ1) is 14.3. The van der Waals surface area contributed by atoms with Gasteiger partial charge in [-0.2, -0.15) is 13.9 Å². The summed E-state index contributed by atoms with van der Waals surface area (Å²) in [7, 11) is 0. The first-order valence-corrected chi connectivity index (χ1v) is 5.94. The number of rotatable bonds is 5. The van der Waals surface area contributed by atoms with Crippen molar-refractivity contribution >= 4 is 23.2 Å². The molecule has 1 heterocycles. The van der Waals surface area contributed by atoms with Crippen LogP contribution < -0.4 is 10.1 Å². The van der Waals surface area contributed by atoms with Crippen molar-refractivity contribution in [2.24, 2.45) is 0 Å². The highest BCUT2D eigenvalue weighted by Gasteiger charge is 2.12. The van der Waals surface area contributed by atoms with Crippen LogP contribution in [-0.4, -0.2) is 22.3 Å². The molecule has 106 valence electrons. The Morgan fingerprint density at radius 2 is 2.20 bits per heavy atom. The zero-order valence-electron chi connectivity index (χ0n) is 10.1. The largest absolute Gasteiger partial charge is 0.433 e. The van der Waals surface area contributed by atoms with Crippen molar-refractivity contribution in [1.82, 2.24) is 9.78 Å². The minimum atomic E-state index is -2.96. The van der Waals surface area contributed by atoms with Crippen LogP contribution in [0.15, 0.2) is 36.7 Å². The van der Waals surface area contributed by atoms with Crippen molar-refractivity contribution in [1.29, 1.82) is 0 Å². The second kappa shape index (κ2) is 6.33. The van der Waals surface area contributed by atoms with Gasteiger partial charge in [0.25, 0.3) is 0 Å². The van der Waals surface area contributed by atoms with Gasteiger partial charge in [-0.15, -0.1) is 0 Å². The Labute approximate surface area is 118 Å². The third kappa shape index (κ3) is 3.92. The number of para-hydroxylation sites is 2. The van der Waals surface area contributed by atoms with Crippen molar-refractivity contribution in [2.75, 3.05) is 5.32 Å². The van der Waals surface area contributed by atoms with E-state index >= 15 is 0 Å². The molecular formula is C12H10ClF2N3O2. The van der Waals surface area contributed by atoms with Gasteiger partial charge in [-0.3, -0.25) is 9.48 Å². The van der Waals surface area contributed by atoms with E-state index in [4.69, 9.17) is 11.6 Å². The Bertz CT molecular complexity index is 604. The van der Waals surface area contributed by atoms with E-state index in [0.29, 0.717) is 5.02 Å². The van der Waals surface area contributed by atoms with Crippen LogP contribution in [-0.2, 0) is 11.3 Å². The van der Waals surface area contributed by atoms with Gasteiger partial charge in [0.05, 0.1) is 16.9 Å². The van der Waals surface area contributed by atoms with Crippen LogP contribution in [0.2, 0.25) is 5.02 Å². The molecule has 0 radical (unpaired) electrons. The number of carbonyl (C=O) groups is 1. The van der Waals surface area contributed by atoms with E-state index in [2.05, 4.69) is 15.2 Å². The van der Waals surface area contributed by atoms with E-state index in [1.807, 2.05) is 0 Å². The Morgan fingerprint density at radius 3 is 2.85 bits per heavy atom. The molecule has 5 nitrogen and oxygen atoms in total. The maximum absolute atomic E-state index is 12.2. The maximum Gasteiger partial charge on any atom is 0.387 e. The number of halogens is 3. The van der Waals surface area contributed by atoms with Crippen molar-refractivity contribution in [3.63, 3.8) is 0 Å². The summed E-state index contributed by atoms with van der Waals surface area (Å²) < 4.78 is 30.1. The number of aromatic nitrogens is 2. The fourth-order valence-electron chi connectivity index (χ4n) is 1.53. The summed E-state index contributed by atoms with van der Waals surface area (Å²) in [4.78, 5) is 11.8. The molecule has 0 unspecified atom stereocenters. The van der Waals surface area contributed by atoms with E-state index in [1.165, 1.54) is 35.3 Å². The van der Waals surface area contributed by atoms with E-state index in [-0.39, 0.29) is 18.0 Å². The standard InChI is InChI=1S/C12H10ClF2N3O2/c13-8-5-16-18(6-8)7-11(19)17-9-3-1-2-4-10(9)20-12(14)15/h1-6,12H,7H2,(H,17,19). The lowest BCUT2D eigenvalue weighted by Crippen LogP contribution is -2.19. The number of amides is 1. The SMILES string of the molecule is O=C(Cn1cc(Cl)cn1)Nc1ccccc1OC(F)F. The van der Waals surface area contributed by atoms with Gasteiger partial charge in [0, 0.05) is 6.20 Å². The number of ether oxygens (including phenoxy) is 1. The van der Waals surface area contributed by atoms with Gasteiger partial charge in [-0.25, -0.2) is 0 Å². The third-order valence-electron chi connectivity index (χ3n) is 2.28. The molecule has 0 aliphatic carbocycles. The molecule has 0 atom stereocenters. The molecule has 20 heavy (non-hydrogen) atoms. The number of anilines is 1. The number of hydrogen-bond acceptors (Lipinski definition) is 3. The molecule has 0 aliphatic rings. The van der Waals surface area contributed by atoms with E-state index in [1.54, 1.807) is 6.07 Å². The van der Waals surface area contributed by atoms with Crippen LogP contribution in [0, 0.1) is 0 Å². The minimum absolute atomic E-state index is 0.0876. The lowest BCUT2D eigenvalue weighted by molar-refractivity contribution is -0.117. The molecule has 0 saturated carbocycles. The molecule has 1 N–H and O–H groups in total. The van der Waals surface area contributed by atoms with Gasteiger partial charge < -0.3 is 10.1 Å². The molecule has 0 saturated heterocycles. The number of hydrogen-bond donors (Lipinski definition) is 1. The number of nitrogens with one attached hydrogen (secondary N) is 1. The molecule has 2 aromatic rings. The Morgan fingerprint density at radius 1 is 1.45 bits per heavy atom. The molecule has 0 aliphatic heterocycles. The zero-order valence-corrected chi connectivity index (χ0v) is 10.8. The minimum Gasteiger partial charge on any atom is -0.433 e. The van der Waals surface area contributed by atoms with Crippen LogP contribution in [0.25, 0.3) is 0 Å². The molecule has 1 aromatic carbocycles. The Hall–Kier alpha value is -2.15. The molecule has 8 heteroatoms. The maximum atomic E-state index is 12.2. The summed E-state index contributed by atoms with van der Waals surface area (Å²) >= 11 is 5.67. The predicted molar refractivity (Wildman–Crippen MR) is 68.9 cm³/mol. The van der Waals surface area contributed by atoms with Crippen LogP contribution in [0.5, 0.6) is 5.75 Å². The van der Waals surface area contributed by atoms with Crippen molar-refractivity contribution in [3.05, 3.63) is 41.7 Å². The first-order valence-electron chi connectivity index (χ1n) is 5.56. The summed E-state index contributed by atoms with van der Waals surface area (Å²) in [5, 5.41) is 6.72. The number of carbonyl (C=O) groups excluding carboxylic acids is 1. The lowest BCUT2D eigenvalue weighted by Gasteiger charge is -2.11. The third-order valence-corrected chi connectivity index (χ3v) is 2.48. The van der Waals surface area contributed by atoms with Crippen LogP contribution in [0.1, 0.15) is 0 Å². The smallest absolute Gasteiger partial charge is 0.387 e. The summed E-state index contributed by atoms with van der Waals surface area (Å²) in [5.74, 6) is -0.538. The van der Waals surface area contributed by atoms with E-state index < -0.39 is 12.5 Å². The normalized spacial score (nSPS) is 10.6. The van der Waals surface area contributed by atoms with E-state index in [0.717, 1.165) is 0 Å². The number of benzene rings is 1. The fraction of sp³-hybridized carbons (Fsp3) is 0.167. The van der Waals surface area contributed by atoms with Gasteiger partial charge in [0.2, 0.25) is 5.91 Å². The summed E-state index contributed by atoms with van der Waals surface area (Å²) in [6, 6.07) is 5.93.